The van der Waals surface area contributed by atoms with Crippen LogP contribution < -0.4 is 9.47 Å². The summed E-state index contributed by atoms with van der Waals surface area (Å²) in [5.74, 6) is 1.37. The number of methoxy groups -OCH3 is 1. The highest BCUT2D eigenvalue weighted by molar-refractivity contribution is 5.79. The molecule has 6 nitrogen and oxygen atoms in total. The van der Waals surface area contributed by atoms with E-state index in [9.17, 15) is 4.79 Å². The zero-order chi connectivity index (χ0) is 16.9. The quantitative estimate of drug-likeness (QED) is 0.840. The van der Waals surface area contributed by atoms with E-state index in [-0.39, 0.29) is 12.0 Å². The summed E-state index contributed by atoms with van der Waals surface area (Å²) >= 11 is 0. The minimum atomic E-state index is -0.0312. The summed E-state index contributed by atoms with van der Waals surface area (Å²) < 4.78 is 11.0. The molecule has 1 aromatic carbocycles. The van der Waals surface area contributed by atoms with Crippen LogP contribution in [-0.2, 0) is 11.2 Å². The molecule has 1 aromatic heterocycles. The first-order valence-corrected chi connectivity index (χ1v) is 8.02. The highest BCUT2D eigenvalue weighted by Crippen LogP contribution is 2.18. The molecule has 0 bridgehead atoms. The van der Waals surface area contributed by atoms with Gasteiger partial charge in [-0.1, -0.05) is 12.1 Å². The zero-order valence-electron chi connectivity index (χ0n) is 13.9. The second-order valence-electron chi connectivity index (χ2n) is 5.91. The van der Waals surface area contributed by atoms with Crippen LogP contribution in [0.15, 0.2) is 36.4 Å². The van der Waals surface area contributed by atoms with Gasteiger partial charge in [-0.25, -0.2) is 0 Å². The topological polar surface area (TPSA) is 64.5 Å². The van der Waals surface area contributed by atoms with Crippen LogP contribution >= 0.6 is 0 Å². The molecule has 3 rings (SSSR count). The Kier molecular flexibility index (Phi) is 4.93. The number of nitrogens with zero attached hydrogens (tertiary/aromatic N) is 3. The van der Waals surface area contributed by atoms with Gasteiger partial charge in [-0.3, -0.25) is 4.79 Å². The Morgan fingerprint density at radius 1 is 1.29 bits per heavy atom. The summed E-state index contributed by atoms with van der Waals surface area (Å²) in [7, 11) is 1.62. The minimum absolute atomic E-state index is 0.0312. The highest BCUT2D eigenvalue weighted by Gasteiger charge is 2.27. The van der Waals surface area contributed by atoms with E-state index in [1.54, 1.807) is 7.11 Å². The van der Waals surface area contributed by atoms with Crippen LogP contribution in [0.4, 0.5) is 0 Å². The fourth-order valence-electron chi connectivity index (χ4n) is 2.74. The van der Waals surface area contributed by atoms with Crippen molar-refractivity contribution in [2.24, 2.45) is 0 Å². The fourth-order valence-corrected chi connectivity index (χ4v) is 2.74. The number of amides is 1. The lowest BCUT2D eigenvalue weighted by Crippen LogP contribution is -2.32. The predicted molar refractivity (Wildman–Crippen MR) is 89.1 cm³/mol. The summed E-state index contributed by atoms with van der Waals surface area (Å²) in [5.41, 5.74) is 1.80. The van der Waals surface area contributed by atoms with Gasteiger partial charge in [-0.15, -0.1) is 5.10 Å². The van der Waals surface area contributed by atoms with Gasteiger partial charge in [0.1, 0.15) is 11.9 Å². The maximum Gasteiger partial charge on any atom is 0.233 e. The molecule has 0 saturated carbocycles. The van der Waals surface area contributed by atoms with Crippen LogP contribution in [0.3, 0.4) is 0 Å². The summed E-state index contributed by atoms with van der Waals surface area (Å²) in [6, 6.07) is 11.3. The van der Waals surface area contributed by atoms with Crippen molar-refractivity contribution in [3.05, 3.63) is 47.7 Å². The van der Waals surface area contributed by atoms with Crippen LogP contribution in [-0.4, -0.2) is 47.3 Å². The number of ether oxygens (including phenoxy) is 2. The molecule has 2 aromatic rings. The lowest BCUT2D eigenvalue weighted by molar-refractivity contribution is -0.129. The molecule has 1 atom stereocenters. The van der Waals surface area contributed by atoms with Gasteiger partial charge in [0.25, 0.3) is 0 Å². The molecule has 0 radical (unpaired) electrons. The summed E-state index contributed by atoms with van der Waals surface area (Å²) in [6.07, 6.45) is 1.14. The van der Waals surface area contributed by atoms with Crippen LogP contribution in [0.25, 0.3) is 0 Å². The third kappa shape index (κ3) is 4.01. The first-order chi connectivity index (χ1) is 11.6. The van der Waals surface area contributed by atoms with E-state index in [1.807, 2.05) is 48.2 Å². The first-order valence-electron chi connectivity index (χ1n) is 8.02. The molecule has 1 fully saturated rings. The van der Waals surface area contributed by atoms with Crippen molar-refractivity contribution in [2.75, 3.05) is 20.2 Å². The normalized spacial score (nSPS) is 16.9. The number of carbonyl (C=O) groups is 1. The van der Waals surface area contributed by atoms with Crippen LogP contribution in [0.5, 0.6) is 11.6 Å². The highest BCUT2D eigenvalue weighted by atomic mass is 16.5. The molecular formula is C18H21N3O3. The fraction of sp³-hybridized carbons (Fsp3) is 0.389. The molecule has 24 heavy (non-hydrogen) atoms. The number of hydrogen-bond acceptors (Lipinski definition) is 5. The van der Waals surface area contributed by atoms with E-state index >= 15 is 0 Å². The van der Waals surface area contributed by atoms with E-state index in [4.69, 9.17) is 9.47 Å². The number of rotatable bonds is 5. The Balaban J connectivity index is 1.54. The lowest BCUT2D eigenvalue weighted by Gasteiger charge is -2.17. The van der Waals surface area contributed by atoms with Gasteiger partial charge in [-0.2, -0.15) is 5.10 Å². The SMILES string of the molecule is COc1cccc(CC(=O)N2CCC(Oc3ccc(C)nn3)C2)c1. The molecule has 0 spiro atoms. The molecule has 0 aliphatic carbocycles. The van der Waals surface area contributed by atoms with Crippen molar-refractivity contribution in [3.63, 3.8) is 0 Å². The largest absolute Gasteiger partial charge is 0.497 e. The number of benzene rings is 1. The standard InChI is InChI=1S/C18H21N3O3/c1-13-6-7-17(20-19-13)24-16-8-9-21(12-16)18(22)11-14-4-3-5-15(10-14)23-2/h3-7,10,16H,8-9,11-12H2,1-2H3. The summed E-state index contributed by atoms with van der Waals surface area (Å²) in [6.45, 7) is 3.16. The molecule has 1 aliphatic heterocycles. The molecule has 126 valence electrons. The zero-order valence-corrected chi connectivity index (χ0v) is 13.9. The third-order valence-electron chi connectivity index (χ3n) is 4.05. The van der Waals surface area contributed by atoms with Gasteiger partial charge >= 0.3 is 0 Å². The molecule has 0 N–H and O–H groups in total. The van der Waals surface area contributed by atoms with Gasteiger partial charge < -0.3 is 14.4 Å². The van der Waals surface area contributed by atoms with E-state index in [2.05, 4.69) is 10.2 Å². The second-order valence-corrected chi connectivity index (χ2v) is 5.91. The second kappa shape index (κ2) is 7.29. The van der Waals surface area contributed by atoms with Crippen molar-refractivity contribution in [1.29, 1.82) is 0 Å². The van der Waals surface area contributed by atoms with Crippen LogP contribution in [0.1, 0.15) is 17.7 Å². The van der Waals surface area contributed by atoms with Crippen molar-refractivity contribution in [3.8, 4) is 11.6 Å². The van der Waals surface area contributed by atoms with Gasteiger partial charge in [0.05, 0.1) is 25.8 Å². The average molecular weight is 327 g/mol. The lowest BCUT2D eigenvalue weighted by atomic mass is 10.1. The van der Waals surface area contributed by atoms with Crippen molar-refractivity contribution in [1.82, 2.24) is 15.1 Å². The number of aromatic nitrogens is 2. The van der Waals surface area contributed by atoms with E-state index < -0.39 is 0 Å². The molecular weight excluding hydrogens is 306 g/mol. The van der Waals surface area contributed by atoms with Gasteiger partial charge in [-0.05, 0) is 30.7 Å². The van der Waals surface area contributed by atoms with Gasteiger partial charge in [0.2, 0.25) is 11.8 Å². The minimum Gasteiger partial charge on any atom is -0.497 e. The number of carbonyl (C=O) groups excluding carboxylic acids is 1. The smallest absolute Gasteiger partial charge is 0.233 e. The van der Waals surface area contributed by atoms with Crippen LogP contribution in [0.2, 0.25) is 0 Å². The van der Waals surface area contributed by atoms with Crippen molar-refractivity contribution in [2.45, 2.75) is 25.9 Å². The first kappa shape index (κ1) is 16.2. The third-order valence-corrected chi connectivity index (χ3v) is 4.05. The maximum atomic E-state index is 12.5. The number of likely N-dealkylation sites (tertiary alicyclic amines) is 1. The monoisotopic (exact) mass is 327 g/mol. The predicted octanol–water partition coefficient (Wildman–Crippen LogP) is 2.02. The van der Waals surface area contributed by atoms with Gasteiger partial charge in [0, 0.05) is 19.0 Å². The summed E-state index contributed by atoms with van der Waals surface area (Å²) in [5, 5.41) is 7.99. The van der Waals surface area contributed by atoms with E-state index in [0.717, 1.165) is 23.4 Å². The Morgan fingerprint density at radius 3 is 2.92 bits per heavy atom. The molecule has 1 unspecified atom stereocenters. The van der Waals surface area contributed by atoms with Crippen molar-refractivity contribution >= 4 is 5.91 Å². The molecule has 1 amide bonds. The molecule has 6 heteroatoms. The molecule has 1 saturated heterocycles. The Hall–Kier alpha value is -2.63. The number of aryl methyl sites for hydroxylation is 1. The van der Waals surface area contributed by atoms with Crippen molar-refractivity contribution < 1.29 is 14.3 Å². The van der Waals surface area contributed by atoms with Gasteiger partial charge in [0.15, 0.2) is 0 Å². The molecule has 1 aliphatic rings. The Morgan fingerprint density at radius 2 is 2.17 bits per heavy atom. The molecule has 2 heterocycles. The van der Waals surface area contributed by atoms with E-state index in [1.165, 1.54) is 0 Å². The maximum absolute atomic E-state index is 12.5. The van der Waals surface area contributed by atoms with E-state index in [0.29, 0.717) is 25.4 Å². The number of hydrogen-bond donors (Lipinski definition) is 0. The van der Waals surface area contributed by atoms with Crippen LogP contribution in [0, 0.1) is 6.92 Å². The Labute approximate surface area is 141 Å². The summed E-state index contributed by atoms with van der Waals surface area (Å²) in [4.78, 5) is 14.3. The Bertz CT molecular complexity index is 703. The average Bonchev–Trinajstić information content (AvgIpc) is 3.06.